The molecule has 0 saturated heterocycles. The monoisotopic (exact) mass is 246 g/mol. The minimum atomic E-state index is 0.827. The third kappa shape index (κ3) is 2.27. The van der Waals surface area contributed by atoms with Crippen molar-refractivity contribution in [3.05, 3.63) is 23.8 Å². The van der Waals surface area contributed by atoms with Crippen LogP contribution in [0.25, 0.3) is 0 Å². The van der Waals surface area contributed by atoms with Crippen molar-refractivity contribution in [3.63, 3.8) is 0 Å². The molecule has 0 radical (unpaired) electrons. The van der Waals surface area contributed by atoms with Gasteiger partial charge in [-0.05, 0) is 13.3 Å². The number of aromatic nitrogens is 4. The van der Waals surface area contributed by atoms with Gasteiger partial charge in [0, 0.05) is 25.9 Å². The molecule has 18 heavy (non-hydrogen) atoms. The number of hydrogen-bond acceptors (Lipinski definition) is 5. The summed E-state index contributed by atoms with van der Waals surface area (Å²) in [6.07, 6.45) is 4.35. The Balaban J connectivity index is 2.37. The molecule has 0 amide bonds. The van der Waals surface area contributed by atoms with Crippen molar-refractivity contribution in [1.82, 2.24) is 19.7 Å². The molecular weight excluding hydrogens is 228 g/mol. The maximum Gasteiger partial charge on any atom is 0.139 e. The highest BCUT2D eigenvalue weighted by Gasteiger charge is 2.11. The van der Waals surface area contributed by atoms with E-state index in [9.17, 15) is 0 Å². The Morgan fingerprint density at radius 3 is 2.56 bits per heavy atom. The van der Waals surface area contributed by atoms with Gasteiger partial charge in [-0.15, -0.1) is 0 Å². The second-order valence-corrected chi connectivity index (χ2v) is 4.08. The van der Waals surface area contributed by atoms with E-state index in [1.54, 1.807) is 11.0 Å². The van der Waals surface area contributed by atoms with E-state index in [4.69, 9.17) is 0 Å². The van der Waals surface area contributed by atoms with Crippen molar-refractivity contribution in [2.24, 2.45) is 7.05 Å². The average molecular weight is 246 g/mol. The van der Waals surface area contributed by atoms with E-state index in [1.165, 1.54) is 0 Å². The number of hydrogen-bond donors (Lipinski definition) is 2. The van der Waals surface area contributed by atoms with Crippen LogP contribution in [-0.2, 0) is 13.5 Å². The SMILES string of the molecule is CCc1c(NC)ncnc1Nc1cn(C)nc1C. The standard InChI is InChI=1S/C12H18N6/c1-5-9-11(13-3)14-7-15-12(9)16-10-6-18(4)17-8(10)2/h6-7H,5H2,1-4H3,(H2,13,14,15,16). The minimum Gasteiger partial charge on any atom is -0.373 e. The van der Waals surface area contributed by atoms with Crippen molar-refractivity contribution in [3.8, 4) is 0 Å². The van der Waals surface area contributed by atoms with Gasteiger partial charge >= 0.3 is 0 Å². The van der Waals surface area contributed by atoms with Crippen LogP contribution in [0.1, 0.15) is 18.2 Å². The largest absolute Gasteiger partial charge is 0.373 e. The highest BCUT2D eigenvalue weighted by molar-refractivity contribution is 5.65. The minimum absolute atomic E-state index is 0.827. The Morgan fingerprint density at radius 2 is 2.00 bits per heavy atom. The zero-order valence-corrected chi connectivity index (χ0v) is 11.2. The van der Waals surface area contributed by atoms with Crippen LogP contribution in [-0.4, -0.2) is 26.8 Å². The second kappa shape index (κ2) is 5.03. The molecule has 0 aliphatic heterocycles. The Labute approximate surface area is 106 Å². The molecular formula is C12H18N6. The molecule has 2 rings (SSSR count). The molecule has 96 valence electrons. The van der Waals surface area contributed by atoms with Crippen LogP contribution in [0.2, 0.25) is 0 Å². The summed E-state index contributed by atoms with van der Waals surface area (Å²) in [6.45, 7) is 4.05. The van der Waals surface area contributed by atoms with E-state index in [1.807, 2.05) is 27.2 Å². The highest BCUT2D eigenvalue weighted by atomic mass is 15.3. The zero-order chi connectivity index (χ0) is 13.1. The topological polar surface area (TPSA) is 67.7 Å². The third-order valence-electron chi connectivity index (χ3n) is 2.80. The lowest BCUT2D eigenvalue weighted by Crippen LogP contribution is -2.05. The maximum absolute atomic E-state index is 4.30. The fourth-order valence-electron chi connectivity index (χ4n) is 1.92. The molecule has 0 fully saturated rings. The van der Waals surface area contributed by atoms with Gasteiger partial charge in [-0.2, -0.15) is 5.10 Å². The fraction of sp³-hybridized carbons (Fsp3) is 0.417. The Hall–Kier alpha value is -2.11. The molecule has 0 atom stereocenters. The van der Waals surface area contributed by atoms with Crippen molar-refractivity contribution in [2.75, 3.05) is 17.7 Å². The summed E-state index contributed by atoms with van der Waals surface area (Å²) < 4.78 is 1.78. The van der Waals surface area contributed by atoms with Gasteiger partial charge in [0.05, 0.1) is 11.4 Å². The van der Waals surface area contributed by atoms with Gasteiger partial charge in [-0.1, -0.05) is 6.92 Å². The van der Waals surface area contributed by atoms with Gasteiger partial charge in [0.15, 0.2) is 0 Å². The highest BCUT2D eigenvalue weighted by Crippen LogP contribution is 2.24. The van der Waals surface area contributed by atoms with Crippen LogP contribution in [0.15, 0.2) is 12.5 Å². The molecule has 6 nitrogen and oxygen atoms in total. The maximum atomic E-state index is 4.30. The first kappa shape index (κ1) is 12.3. The van der Waals surface area contributed by atoms with Crippen molar-refractivity contribution >= 4 is 17.3 Å². The van der Waals surface area contributed by atoms with E-state index >= 15 is 0 Å². The van der Waals surface area contributed by atoms with Crippen LogP contribution in [0.3, 0.4) is 0 Å². The van der Waals surface area contributed by atoms with E-state index in [2.05, 4.69) is 32.6 Å². The van der Waals surface area contributed by atoms with E-state index in [0.717, 1.165) is 35.0 Å². The van der Waals surface area contributed by atoms with Crippen LogP contribution >= 0.6 is 0 Å². The van der Waals surface area contributed by atoms with Gasteiger partial charge in [-0.25, -0.2) is 9.97 Å². The number of rotatable bonds is 4. The van der Waals surface area contributed by atoms with E-state index < -0.39 is 0 Å². The lowest BCUT2D eigenvalue weighted by Gasteiger charge is -2.12. The van der Waals surface area contributed by atoms with Crippen molar-refractivity contribution in [2.45, 2.75) is 20.3 Å². The van der Waals surface area contributed by atoms with Crippen LogP contribution in [0.4, 0.5) is 17.3 Å². The molecule has 0 spiro atoms. The average Bonchev–Trinajstić information content (AvgIpc) is 2.67. The summed E-state index contributed by atoms with van der Waals surface area (Å²) in [7, 11) is 3.76. The summed E-state index contributed by atoms with van der Waals surface area (Å²) in [4.78, 5) is 8.52. The molecule has 0 aromatic carbocycles. The third-order valence-corrected chi connectivity index (χ3v) is 2.80. The first-order valence-corrected chi connectivity index (χ1v) is 5.94. The first-order chi connectivity index (χ1) is 8.65. The molecule has 6 heteroatoms. The molecule has 0 aliphatic carbocycles. The second-order valence-electron chi connectivity index (χ2n) is 4.08. The zero-order valence-electron chi connectivity index (χ0n) is 11.2. The number of anilines is 3. The van der Waals surface area contributed by atoms with Gasteiger partial charge in [0.1, 0.15) is 18.0 Å². The molecule has 2 heterocycles. The summed E-state index contributed by atoms with van der Waals surface area (Å²) in [5.41, 5.74) is 2.99. The normalized spacial score (nSPS) is 10.4. The molecule has 0 unspecified atom stereocenters. The number of aryl methyl sites for hydroxylation is 2. The van der Waals surface area contributed by atoms with Crippen LogP contribution in [0.5, 0.6) is 0 Å². The first-order valence-electron chi connectivity index (χ1n) is 5.94. The molecule has 2 aromatic rings. The van der Waals surface area contributed by atoms with Gasteiger partial charge in [0.2, 0.25) is 0 Å². The lowest BCUT2D eigenvalue weighted by atomic mass is 10.2. The summed E-state index contributed by atoms with van der Waals surface area (Å²) >= 11 is 0. The van der Waals surface area contributed by atoms with Crippen molar-refractivity contribution in [1.29, 1.82) is 0 Å². The fourth-order valence-corrected chi connectivity index (χ4v) is 1.92. The number of nitrogens with one attached hydrogen (secondary N) is 2. The predicted molar refractivity (Wildman–Crippen MR) is 72.2 cm³/mol. The van der Waals surface area contributed by atoms with Gasteiger partial charge < -0.3 is 10.6 Å². The van der Waals surface area contributed by atoms with E-state index in [-0.39, 0.29) is 0 Å². The Kier molecular flexibility index (Phi) is 3.45. The predicted octanol–water partition coefficient (Wildman–Crippen LogP) is 1.87. The van der Waals surface area contributed by atoms with Crippen LogP contribution < -0.4 is 10.6 Å². The molecule has 2 aromatic heterocycles. The lowest BCUT2D eigenvalue weighted by molar-refractivity contribution is 0.756. The quantitative estimate of drug-likeness (QED) is 0.862. The molecule has 0 aliphatic rings. The van der Waals surface area contributed by atoms with Gasteiger partial charge in [-0.3, -0.25) is 4.68 Å². The summed E-state index contributed by atoms with van der Waals surface area (Å²) in [6, 6.07) is 0. The summed E-state index contributed by atoms with van der Waals surface area (Å²) in [5.74, 6) is 1.68. The molecule has 0 saturated carbocycles. The van der Waals surface area contributed by atoms with Crippen LogP contribution in [0, 0.1) is 6.92 Å². The Bertz CT molecular complexity index is 545. The molecule has 0 bridgehead atoms. The van der Waals surface area contributed by atoms with E-state index in [0.29, 0.717) is 0 Å². The molecule has 2 N–H and O–H groups in total. The Morgan fingerprint density at radius 1 is 1.28 bits per heavy atom. The number of nitrogens with zero attached hydrogens (tertiary/aromatic N) is 4. The van der Waals surface area contributed by atoms with Crippen molar-refractivity contribution < 1.29 is 0 Å². The smallest absolute Gasteiger partial charge is 0.139 e. The summed E-state index contributed by atoms with van der Waals surface area (Å²) in [5, 5.41) is 10.7. The van der Waals surface area contributed by atoms with Gasteiger partial charge in [0.25, 0.3) is 0 Å².